The van der Waals surface area contributed by atoms with Gasteiger partial charge in [-0.15, -0.1) is 0 Å². The van der Waals surface area contributed by atoms with E-state index < -0.39 is 0 Å². The third kappa shape index (κ3) is 1.67. The van der Waals surface area contributed by atoms with Gasteiger partial charge in [-0.3, -0.25) is 0 Å². The Morgan fingerprint density at radius 2 is 2.54 bits per heavy atom. The van der Waals surface area contributed by atoms with Crippen LogP contribution in [-0.4, -0.2) is 48.1 Å². The van der Waals surface area contributed by atoms with E-state index in [2.05, 4.69) is 33.9 Å². The maximum atomic E-state index is 4.02. The predicted molar refractivity (Wildman–Crippen MR) is 52.9 cm³/mol. The summed E-state index contributed by atoms with van der Waals surface area (Å²) < 4.78 is 0. The van der Waals surface area contributed by atoms with Gasteiger partial charge in [0, 0.05) is 19.6 Å². The van der Waals surface area contributed by atoms with Gasteiger partial charge in [-0.2, -0.15) is 0 Å². The van der Waals surface area contributed by atoms with Crippen molar-refractivity contribution < 1.29 is 0 Å². The molecule has 1 aromatic rings. The summed E-state index contributed by atoms with van der Waals surface area (Å²) in [5.74, 6) is 1.11. The van der Waals surface area contributed by atoms with Gasteiger partial charge in [0.15, 0.2) is 0 Å². The summed E-state index contributed by atoms with van der Waals surface area (Å²) in [6, 6.07) is 0.630. The minimum atomic E-state index is 0.630. The lowest BCUT2D eigenvalue weighted by Crippen LogP contribution is -2.33. The first-order valence-corrected chi connectivity index (χ1v) is 4.67. The van der Waals surface area contributed by atoms with Crippen molar-refractivity contribution in [1.29, 1.82) is 0 Å². The SMILES string of the molecule is CN1CCC(N(C)c2cnc[nH]2)C1. The lowest BCUT2D eigenvalue weighted by Gasteiger charge is -2.24. The van der Waals surface area contributed by atoms with E-state index in [-0.39, 0.29) is 0 Å². The Kier molecular flexibility index (Phi) is 2.22. The average molecular weight is 180 g/mol. The molecule has 1 aliphatic heterocycles. The van der Waals surface area contributed by atoms with Crippen LogP contribution >= 0.6 is 0 Å². The molecule has 0 saturated carbocycles. The molecule has 2 rings (SSSR count). The number of hydrogen-bond acceptors (Lipinski definition) is 3. The van der Waals surface area contributed by atoms with Crippen molar-refractivity contribution >= 4 is 5.82 Å². The zero-order chi connectivity index (χ0) is 9.26. The van der Waals surface area contributed by atoms with E-state index in [0.717, 1.165) is 12.4 Å². The van der Waals surface area contributed by atoms with Crippen LogP contribution in [0, 0.1) is 0 Å². The molecule has 1 unspecified atom stereocenters. The normalized spacial score (nSPS) is 23.7. The Labute approximate surface area is 78.6 Å². The third-order valence-corrected chi connectivity index (χ3v) is 2.78. The largest absolute Gasteiger partial charge is 0.356 e. The van der Waals surface area contributed by atoms with Gasteiger partial charge in [0.05, 0.1) is 12.5 Å². The molecule has 1 saturated heterocycles. The molecule has 1 aromatic heterocycles. The van der Waals surface area contributed by atoms with Gasteiger partial charge in [-0.25, -0.2) is 4.98 Å². The molecule has 4 heteroatoms. The molecule has 0 bridgehead atoms. The molecule has 0 spiro atoms. The van der Waals surface area contributed by atoms with Crippen molar-refractivity contribution in [3.63, 3.8) is 0 Å². The Hall–Kier alpha value is -1.03. The summed E-state index contributed by atoms with van der Waals surface area (Å²) in [5.41, 5.74) is 0. The minimum Gasteiger partial charge on any atom is -0.356 e. The maximum absolute atomic E-state index is 4.02. The topological polar surface area (TPSA) is 35.2 Å². The second kappa shape index (κ2) is 3.38. The van der Waals surface area contributed by atoms with E-state index in [0.29, 0.717) is 6.04 Å². The number of aromatic nitrogens is 2. The molecule has 0 aromatic carbocycles. The van der Waals surface area contributed by atoms with Gasteiger partial charge in [0.1, 0.15) is 5.82 Å². The molecule has 4 nitrogen and oxygen atoms in total. The standard InChI is InChI=1S/C9H16N4/c1-12-4-3-8(6-12)13(2)9-5-10-7-11-9/h5,7-8H,3-4,6H2,1-2H3,(H,10,11). The van der Waals surface area contributed by atoms with Crippen LogP contribution < -0.4 is 4.90 Å². The summed E-state index contributed by atoms with van der Waals surface area (Å²) >= 11 is 0. The van der Waals surface area contributed by atoms with Gasteiger partial charge >= 0.3 is 0 Å². The van der Waals surface area contributed by atoms with Crippen molar-refractivity contribution in [2.24, 2.45) is 0 Å². The number of aromatic amines is 1. The summed E-state index contributed by atoms with van der Waals surface area (Å²) in [7, 11) is 4.29. The number of H-pyrrole nitrogens is 1. The summed E-state index contributed by atoms with van der Waals surface area (Å²) in [6.07, 6.45) is 4.84. The predicted octanol–water partition coefficient (Wildman–Crippen LogP) is 0.550. The number of hydrogen-bond donors (Lipinski definition) is 1. The summed E-state index contributed by atoms with van der Waals surface area (Å²) in [4.78, 5) is 11.8. The number of imidazole rings is 1. The molecule has 13 heavy (non-hydrogen) atoms. The van der Waals surface area contributed by atoms with E-state index in [4.69, 9.17) is 0 Å². The highest BCUT2D eigenvalue weighted by molar-refractivity contribution is 5.36. The molecule has 72 valence electrons. The number of nitrogens with zero attached hydrogens (tertiary/aromatic N) is 3. The van der Waals surface area contributed by atoms with E-state index in [9.17, 15) is 0 Å². The molecule has 1 atom stereocenters. The van der Waals surface area contributed by atoms with E-state index in [1.807, 2.05) is 6.20 Å². The van der Waals surface area contributed by atoms with Crippen molar-refractivity contribution in [3.8, 4) is 0 Å². The zero-order valence-corrected chi connectivity index (χ0v) is 8.20. The average Bonchev–Trinajstić information content (AvgIpc) is 2.72. The van der Waals surface area contributed by atoms with Crippen LogP contribution in [0.2, 0.25) is 0 Å². The molecule has 1 fully saturated rings. The monoisotopic (exact) mass is 180 g/mol. The van der Waals surface area contributed by atoms with Crippen molar-refractivity contribution in [2.75, 3.05) is 32.1 Å². The van der Waals surface area contributed by atoms with Gasteiger partial charge in [0.25, 0.3) is 0 Å². The second-order valence-electron chi connectivity index (χ2n) is 3.75. The fourth-order valence-corrected chi connectivity index (χ4v) is 1.87. The van der Waals surface area contributed by atoms with Crippen LogP contribution in [0.25, 0.3) is 0 Å². The number of likely N-dealkylation sites (N-methyl/N-ethyl adjacent to an activating group) is 2. The second-order valence-corrected chi connectivity index (χ2v) is 3.75. The van der Waals surface area contributed by atoms with Crippen LogP contribution in [0.15, 0.2) is 12.5 Å². The number of anilines is 1. The summed E-state index contributed by atoms with van der Waals surface area (Å²) in [6.45, 7) is 2.35. The smallest absolute Gasteiger partial charge is 0.125 e. The fraction of sp³-hybridized carbons (Fsp3) is 0.667. The Morgan fingerprint density at radius 1 is 1.69 bits per heavy atom. The minimum absolute atomic E-state index is 0.630. The quantitative estimate of drug-likeness (QED) is 0.722. The molecule has 0 aliphatic carbocycles. The van der Waals surface area contributed by atoms with Crippen LogP contribution in [0.5, 0.6) is 0 Å². The van der Waals surface area contributed by atoms with Crippen molar-refractivity contribution in [1.82, 2.24) is 14.9 Å². The lowest BCUT2D eigenvalue weighted by molar-refractivity contribution is 0.409. The van der Waals surface area contributed by atoms with E-state index in [1.54, 1.807) is 6.33 Å². The van der Waals surface area contributed by atoms with Gasteiger partial charge in [-0.05, 0) is 20.0 Å². The van der Waals surface area contributed by atoms with E-state index in [1.165, 1.54) is 13.0 Å². The number of nitrogens with one attached hydrogen (secondary N) is 1. The first-order chi connectivity index (χ1) is 6.27. The van der Waals surface area contributed by atoms with Crippen LogP contribution in [0.1, 0.15) is 6.42 Å². The molecular weight excluding hydrogens is 164 g/mol. The summed E-state index contributed by atoms with van der Waals surface area (Å²) in [5, 5.41) is 0. The molecule has 0 amide bonds. The zero-order valence-electron chi connectivity index (χ0n) is 8.20. The molecule has 2 heterocycles. The first-order valence-electron chi connectivity index (χ1n) is 4.67. The highest BCUT2D eigenvalue weighted by Crippen LogP contribution is 2.17. The van der Waals surface area contributed by atoms with Crippen LogP contribution in [-0.2, 0) is 0 Å². The molecule has 0 radical (unpaired) electrons. The van der Waals surface area contributed by atoms with E-state index >= 15 is 0 Å². The lowest BCUT2D eigenvalue weighted by atomic mass is 10.2. The Morgan fingerprint density at radius 3 is 3.08 bits per heavy atom. The molecular formula is C9H16N4. The fourth-order valence-electron chi connectivity index (χ4n) is 1.87. The number of rotatable bonds is 2. The van der Waals surface area contributed by atoms with Gasteiger partial charge in [0.2, 0.25) is 0 Å². The van der Waals surface area contributed by atoms with Crippen molar-refractivity contribution in [2.45, 2.75) is 12.5 Å². The highest BCUT2D eigenvalue weighted by atomic mass is 15.3. The number of likely N-dealkylation sites (tertiary alicyclic amines) is 1. The molecule has 1 N–H and O–H groups in total. The van der Waals surface area contributed by atoms with Gasteiger partial charge < -0.3 is 14.8 Å². The highest BCUT2D eigenvalue weighted by Gasteiger charge is 2.23. The Balaban J connectivity index is 2.02. The first kappa shape index (κ1) is 8.56. The maximum Gasteiger partial charge on any atom is 0.125 e. The third-order valence-electron chi connectivity index (χ3n) is 2.78. The van der Waals surface area contributed by atoms with Crippen LogP contribution in [0.4, 0.5) is 5.82 Å². The Bertz CT molecular complexity index is 257. The molecule has 1 aliphatic rings. The van der Waals surface area contributed by atoms with Gasteiger partial charge in [-0.1, -0.05) is 0 Å². The van der Waals surface area contributed by atoms with Crippen LogP contribution in [0.3, 0.4) is 0 Å². The van der Waals surface area contributed by atoms with Crippen molar-refractivity contribution in [3.05, 3.63) is 12.5 Å².